The molecule has 1 fully saturated rings. The fourth-order valence-electron chi connectivity index (χ4n) is 4.50. The number of alkyl halides is 3. The van der Waals surface area contributed by atoms with Crippen LogP contribution in [0.3, 0.4) is 0 Å². The Labute approximate surface area is 209 Å². The summed E-state index contributed by atoms with van der Waals surface area (Å²) in [6, 6.07) is 0.0119. The highest BCUT2D eigenvalue weighted by molar-refractivity contribution is 7.88. The van der Waals surface area contributed by atoms with Gasteiger partial charge in [0.2, 0.25) is 16.0 Å². The van der Waals surface area contributed by atoms with Gasteiger partial charge in [-0.25, -0.2) is 26.9 Å². The van der Waals surface area contributed by atoms with Gasteiger partial charge in [0.1, 0.15) is 5.69 Å². The molecule has 0 amide bonds. The van der Waals surface area contributed by atoms with E-state index in [9.17, 15) is 35.5 Å². The van der Waals surface area contributed by atoms with Crippen molar-refractivity contribution in [3.63, 3.8) is 0 Å². The molecule has 1 saturated heterocycles. The predicted molar refractivity (Wildman–Crippen MR) is 125 cm³/mol. The summed E-state index contributed by atoms with van der Waals surface area (Å²) in [5, 5.41) is 13.9. The first-order chi connectivity index (χ1) is 17.1. The van der Waals surface area contributed by atoms with Gasteiger partial charge in [0, 0.05) is 44.5 Å². The molecule has 9 nitrogen and oxygen atoms in total. The van der Waals surface area contributed by atoms with Crippen LogP contribution in [0.25, 0.3) is 22.3 Å². The van der Waals surface area contributed by atoms with Gasteiger partial charge in [-0.05, 0) is 18.4 Å². The number of aromatic hydroxyl groups is 1. The highest BCUT2D eigenvalue weighted by Crippen LogP contribution is 2.41. The zero-order valence-electron chi connectivity index (χ0n) is 20.4. The minimum absolute atomic E-state index is 0.0828. The topological polar surface area (TPSA) is 104 Å². The largest absolute Gasteiger partial charge is 0.503 e. The van der Waals surface area contributed by atoms with Crippen molar-refractivity contribution < 1.29 is 35.5 Å². The lowest BCUT2D eigenvalue weighted by molar-refractivity contribution is -0.140. The molecular formula is C22H25F5N6O3S. The van der Waals surface area contributed by atoms with Gasteiger partial charge in [0.05, 0.1) is 17.2 Å². The number of aromatic nitrogens is 4. The first-order valence-corrected chi connectivity index (χ1v) is 13.1. The molecule has 3 aromatic rings. The number of rotatable bonds is 5. The maximum atomic E-state index is 14.7. The molecule has 2 aromatic heterocycles. The molecule has 1 aromatic carbocycles. The quantitative estimate of drug-likeness (QED) is 0.487. The average Bonchev–Trinajstić information content (AvgIpc) is 3.11. The standard InChI is InChI=1S/C22H25F5N6O3S/c1-11(2)7-12-10-32(37(4,35)36)5-6-33(12)21-28-9-14-18(30-31(3)20(14)29-21)13-8-15(22(25,26)27)17(24)19(34)16(13)23/h8-9,11-12,34H,5-7,10H2,1-4H3/t12-/m0/s1. The summed E-state index contributed by atoms with van der Waals surface area (Å²) >= 11 is 0. The molecule has 1 atom stereocenters. The lowest BCUT2D eigenvalue weighted by Crippen LogP contribution is -2.55. The van der Waals surface area contributed by atoms with Crippen molar-refractivity contribution in [2.24, 2.45) is 13.0 Å². The summed E-state index contributed by atoms with van der Waals surface area (Å²) in [5.74, 6) is -4.99. The van der Waals surface area contributed by atoms with Crippen LogP contribution in [0.5, 0.6) is 5.75 Å². The number of hydrogen-bond acceptors (Lipinski definition) is 7. The van der Waals surface area contributed by atoms with E-state index in [1.165, 1.54) is 22.2 Å². The number of phenols is 1. The number of phenolic OH excluding ortho intramolecular Hbond substituents is 1. The second-order valence-corrected chi connectivity index (χ2v) is 11.4. The van der Waals surface area contributed by atoms with E-state index in [4.69, 9.17) is 0 Å². The Hall–Kier alpha value is -3.07. The molecular weight excluding hydrogens is 523 g/mol. The number of aryl methyl sites for hydroxylation is 1. The van der Waals surface area contributed by atoms with Crippen molar-refractivity contribution in [1.82, 2.24) is 24.1 Å². The maximum Gasteiger partial charge on any atom is 0.419 e. The van der Waals surface area contributed by atoms with Gasteiger partial charge in [-0.3, -0.25) is 0 Å². The van der Waals surface area contributed by atoms with E-state index in [1.807, 2.05) is 18.7 Å². The highest BCUT2D eigenvalue weighted by atomic mass is 32.2. The predicted octanol–water partition coefficient (Wildman–Crippen LogP) is 3.53. The van der Waals surface area contributed by atoms with Crippen LogP contribution in [0.1, 0.15) is 25.8 Å². The Morgan fingerprint density at radius 1 is 1.19 bits per heavy atom. The number of halogens is 5. The number of sulfonamides is 1. The molecule has 202 valence electrons. The van der Waals surface area contributed by atoms with E-state index in [0.717, 1.165) is 6.26 Å². The fourth-order valence-corrected chi connectivity index (χ4v) is 5.36. The van der Waals surface area contributed by atoms with Crippen LogP contribution in [-0.4, -0.2) is 69.5 Å². The van der Waals surface area contributed by atoms with Gasteiger partial charge in [-0.15, -0.1) is 0 Å². The number of nitrogens with zero attached hydrogens (tertiary/aromatic N) is 6. The van der Waals surface area contributed by atoms with Crippen molar-refractivity contribution in [2.75, 3.05) is 30.8 Å². The van der Waals surface area contributed by atoms with Crippen LogP contribution in [0.15, 0.2) is 12.3 Å². The van der Waals surface area contributed by atoms with E-state index in [0.29, 0.717) is 13.0 Å². The molecule has 0 saturated carbocycles. The number of benzene rings is 1. The average molecular weight is 549 g/mol. The lowest BCUT2D eigenvalue weighted by atomic mass is 10.0. The molecule has 15 heteroatoms. The normalized spacial score (nSPS) is 17.8. The third kappa shape index (κ3) is 5.06. The summed E-state index contributed by atoms with van der Waals surface area (Å²) in [7, 11) is -1.96. The molecule has 0 radical (unpaired) electrons. The smallest absolute Gasteiger partial charge is 0.419 e. The summed E-state index contributed by atoms with van der Waals surface area (Å²) in [6.45, 7) is 4.74. The molecule has 4 rings (SSSR count). The molecule has 3 heterocycles. The Bertz CT molecular complexity index is 1460. The van der Waals surface area contributed by atoms with Crippen LogP contribution >= 0.6 is 0 Å². The third-order valence-electron chi connectivity index (χ3n) is 6.22. The number of anilines is 1. The zero-order chi connectivity index (χ0) is 27.4. The Morgan fingerprint density at radius 3 is 2.46 bits per heavy atom. The van der Waals surface area contributed by atoms with Gasteiger partial charge in [0.15, 0.2) is 23.0 Å². The molecule has 1 aliphatic rings. The lowest BCUT2D eigenvalue weighted by Gasteiger charge is -2.41. The van der Waals surface area contributed by atoms with Crippen molar-refractivity contribution in [1.29, 1.82) is 0 Å². The number of piperazine rings is 1. The van der Waals surface area contributed by atoms with Crippen molar-refractivity contribution in [2.45, 2.75) is 32.5 Å². The second kappa shape index (κ2) is 9.35. The highest BCUT2D eigenvalue weighted by Gasteiger charge is 2.38. The molecule has 0 spiro atoms. The van der Waals surface area contributed by atoms with Gasteiger partial charge < -0.3 is 10.0 Å². The van der Waals surface area contributed by atoms with Gasteiger partial charge >= 0.3 is 6.18 Å². The van der Waals surface area contributed by atoms with Crippen LogP contribution in [-0.2, 0) is 23.2 Å². The van der Waals surface area contributed by atoms with Gasteiger partial charge in [-0.2, -0.15) is 27.6 Å². The van der Waals surface area contributed by atoms with E-state index in [1.54, 1.807) is 0 Å². The van der Waals surface area contributed by atoms with Gasteiger partial charge in [0.25, 0.3) is 0 Å². The molecule has 1 aliphatic heterocycles. The molecule has 0 unspecified atom stereocenters. The number of fused-ring (bicyclic) bond motifs is 1. The second-order valence-electron chi connectivity index (χ2n) is 9.42. The van der Waals surface area contributed by atoms with E-state index in [-0.39, 0.29) is 53.8 Å². The van der Waals surface area contributed by atoms with Crippen LogP contribution in [0, 0.1) is 17.6 Å². The monoisotopic (exact) mass is 548 g/mol. The Kier molecular flexibility index (Phi) is 6.82. The number of hydrogen-bond donors (Lipinski definition) is 1. The SMILES string of the molecule is CC(C)C[C@H]1CN(S(C)(=O)=O)CCN1c1ncc2c(-c3cc(C(F)(F)F)c(F)c(O)c3F)nn(C)c2n1. The van der Waals surface area contributed by atoms with Crippen molar-refractivity contribution >= 4 is 27.0 Å². The van der Waals surface area contributed by atoms with E-state index in [2.05, 4.69) is 15.1 Å². The van der Waals surface area contributed by atoms with E-state index < -0.39 is 44.7 Å². The van der Waals surface area contributed by atoms with Crippen LogP contribution < -0.4 is 4.90 Å². The van der Waals surface area contributed by atoms with Crippen LogP contribution in [0.2, 0.25) is 0 Å². The minimum Gasteiger partial charge on any atom is -0.503 e. The maximum absolute atomic E-state index is 14.7. The summed E-state index contributed by atoms with van der Waals surface area (Å²) in [5.41, 5.74) is -2.74. The molecule has 0 aliphatic carbocycles. The van der Waals surface area contributed by atoms with Gasteiger partial charge in [-0.1, -0.05) is 13.8 Å². The summed E-state index contributed by atoms with van der Waals surface area (Å²) < 4.78 is 95.3. The van der Waals surface area contributed by atoms with E-state index >= 15 is 0 Å². The third-order valence-corrected chi connectivity index (χ3v) is 7.49. The zero-order valence-corrected chi connectivity index (χ0v) is 21.2. The molecule has 1 N–H and O–H groups in total. The first kappa shape index (κ1) is 27.0. The molecule has 0 bridgehead atoms. The van der Waals surface area contributed by atoms with Crippen molar-refractivity contribution in [3.05, 3.63) is 29.5 Å². The fraction of sp³-hybridized carbons (Fsp3) is 0.500. The summed E-state index contributed by atoms with van der Waals surface area (Å²) in [6.07, 6.45) is -2.13. The Balaban J connectivity index is 1.79. The van der Waals surface area contributed by atoms with Crippen molar-refractivity contribution in [3.8, 4) is 17.0 Å². The molecule has 37 heavy (non-hydrogen) atoms. The van der Waals surface area contributed by atoms with Crippen LogP contribution in [0.4, 0.5) is 27.9 Å². The summed E-state index contributed by atoms with van der Waals surface area (Å²) in [4.78, 5) is 10.7. The minimum atomic E-state index is -5.18. The Morgan fingerprint density at radius 2 is 1.86 bits per heavy atom. The first-order valence-electron chi connectivity index (χ1n) is 11.3.